The molecule has 0 spiro atoms. The molecule has 2 nitrogen and oxygen atoms in total. The third-order valence-electron chi connectivity index (χ3n) is 5.00. The van der Waals surface area contributed by atoms with Crippen molar-refractivity contribution in [3.8, 4) is 0 Å². The van der Waals surface area contributed by atoms with Crippen molar-refractivity contribution in [2.45, 2.75) is 46.1 Å². The van der Waals surface area contributed by atoms with Crippen LogP contribution in [0, 0.1) is 11.8 Å². The Labute approximate surface area is 101 Å². The quantitative estimate of drug-likeness (QED) is 0.726. The molecule has 2 aliphatic rings. The zero-order valence-corrected chi connectivity index (χ0v) is 11.5. The fraction of sp³-hybridized carbons (Fsp3) is 1.00. The largest absolute Gasteiger partial charge is 0.303 e. The van der Waals surface area contributed by atoms with Crippen LogP contribution in [0.4, 0.5) is 0 Å². The molecule has 0 bridgehead atoms. The first kappa shape index (κ1) is 12.4. The van der Waals surface area contributed by atoms with Crippen molar-refractivity contribution in [1.82, 2.24) is 9.80 Å². The standard InChI is InChI=1S/C14H28N2/c1-5-15-10-13(11-15)14(3,4)16-8-6-12(2)7-9-16/h12-13H,5-11H2,1-4H3. The van der Waals surface area contributed by atoms with E-state index >= 15 is 0 Å². The number of hydrogen-bond acceptors (Lipinski definition) is 2. The summed E-state index contributed by atoms with van der Waals surface area (Å²) in [4.78, 5) is 5.30. The molecule has 0 radical (unpaired) electrons. The van der Waals surface area contributed by atoms with Gasteiger partial charge in [0.25, 0.3) is 0 Å². The Morgan fingerprint density at radius 2 is 1.69 bits per heavy atom. The second-order valence-corrected chi connectivity index (χ2v) is 6.37. The Balaban J connectivity index is 1.87. The average Bonchev–Trinajstić information content (AvgIpc) is 2.16. The van der Waals surface area contributed by atoms with Gasteiger partial charge in [-0.3, -0.25) is 4.90 Å². The van der Waals surface area contributed by atoms with Crippen molar-refractivity contribution in [3.63, 3.8) is 0 Å². The van der Waals surface area contributed by atoms with E-state index in [2.05, 4.69) is 37.5 Å². The van der Waals surface area contributed by atoms with Gasteiger partial charge in [0, 0.05) is 24.5 Å². The zero-order valence-electron chi connectivity index (χ0n) is 11.5. The van der Waals surface area contributed by atoms with E-state index in [0.29, 0.717) is 5.54 Å². The number of nitrogens with zero attached hydrogens (tertiary/aromatic N) is 2. The summed E-state index contributed by atoms with van der Waals surface area (Å²) < 4.78 is 0. The minimum atomic E-state index is 0.422. The summed E-state index contributed by atoms with van der Waals surface area (Å²) >= 11 is 0. The molecule has 0 aromatic rings. The van der Waals surface area contributed by atoms with Crippen LogP contribution in [0.25, 0.3) is 0 Å². The van der Waals surface area contributed by atoms with Crippen LogP contribution in [0.15, 0.2) is 0 Å². The first-order chi connectivity index (χ1) is 7.54. The summed E-state index contributed by atoms with van der Waals surface area (Å²) in [5, 5.41) is 0. The van der Waals surface area contributed by atoms with E-state index < -0.39 is 0 Å². The van der Waals surface area contributed by atoms with E-state index in [-0.39, 0.29) is 0 Å². The van der Waals surface area contributed by atoms with Crippen molar-refractivity contribution >= 4 is 0 Å². The third kappa shape index (κ3) is 2.28. The highest BCUT2D eigenvalue weighted by Gasteiger charge is 2.42. The van der Waals surface area contributed by atoms with Crippen molar-refractivity contribution in [2.24, 2.45) is 11.8 Å². The Morgan fingerprint density at radius 1 is 1.12 bits per heavy atom. The molecule has 0 unspecified atom stereocenters. The van der Waals surface area contributed by atoms with Gasteiger partial charge in [-0.05, 0) is 52.2 Å². The molecule has 2 aliphatic heterocycles. The lowest BCUT2D eigenvalue weighted by molar-refractivity contribution is -0.0384. The van der Waals surface area contributed by atoms with E-state index in [1.165, 1.54) is 45.6 Å². The van der Waals surface area contributed by atoms with Crippen LogP contribution < -0.4 is 0 Å². The van der Waals surface area contributed by atoms with E-state index in [0.717, 1.165) is 11.8 Å². The monoisotopic (exact) mass is 224 g/mol. The minimum Gasteiger partial charge on any atom is -0.303 e. The Hall–Kier alpha value is -0.0800. The van der Waals surface area contributed by atoms with E-state index in [1.807, 2.05) is 0 Å². The van der Waals surface area contributed by atoms with Gasteiger partial charge >= 0.3 is 0 Å². The van der Waals surface area contributed by atoms with Gasteiger partial charge in [-0.15, -0.1) is 0 Å². The van der Waals surface area contributed by atoms with E-state index in [4.69, 9.17) is 0 Å². The van der Waals surface area contributed by atoms with Crippen LogP contribution in [0.3, 0.4) is 0 Å². The molecule has 94 valence electrons. The van der Waals surface area contributed by atoms with Crippen LogP contribution >= 0.6 is 0 Å². The first-order valence-electron chi connectivity index (χ1n) is 7.01. The molecular formula is C14H28N2. The average molecular weight is 224 g/mol. The fourth-order valence-corrected chi connectivity index (χ4v) is 3.12. The maximum atomic E-state index is 2.74. The topological polar surface area (TPSA) is 6.48 Å². The van der Waals surface area contributed by atoms with Crippen molar-refractivity contribution in [2.75, 3.05) is 32.7 Å². The summed E-state index contributed by atoms with van der Waals surface area (Å²) in [7, 11) is 0. The highest BCUT2D eigenvalue weighted by Crippen LogP contribution is 2.34. The maximum Gasteiger partial charge on any atom is 0.0205 e. The predicted octanol–water partition coefficient (Wildman–Crippen LogP) is 2.45. The van der Waals surface area contributed by atoms with Crippen molar-refractivity contribution < 1.29 is 0 Å². The lowest BCUT2D eigenvalue weighted by atomic mass is 9.78. The van der Waals surface area contributed by atoms with E-state index in [9.17, 15) is 0 Å². The highest BCUT2D eigenvalue weighted by atomic mass is 15.3. The molecule has 2 heteroatoms. The van der Waals surface area contributed by atoms with Crippen LogP contribution in [0.1, 0.15) is 40.5 Å². The Kier molecular flexibility index (Phi) is 3.60. The molecule has 2 heterocycles. The summed E-state index contributed by atoms with van der Waals surface area (Å²) in [6.07, 6.45) is 2.79. The molecule has 0 aromatic carbocycles. The predicted molar refractivity (Wildman–Crippen MR) is 69.7 cm³/mol. The van der Waals surface area contributed by atoms with Gasteiger partial charge in [0.2, 0.25) is 0 Å². The van der Waals surface area contributed by atoms with Gasteiger partial charge in [-0.25, -0.2) is 0 Å². The summed E-state index contributed by atoms with van der Waals surface area (Å²) in [6, 6.07) is 0. The lowest BCUT2D eigenvalue weighted by Crippen LogP contribution is -2.62. The summed E-state index contributed by atoms with van der Waals surface area (Å²) in [6.45, 7) is 16.1. The second kappa shape index (κ2) is 4.66. The number of hydrogen-bond donors (Lipinski definition) is 0. The third-order valence-corrected chi connectivity index (χ3v) is 5.00. The second-order valence-electron chi connectivity index (χ2n) is 6.37. The van der Waals surface area contributed by atoms with Crippen LogP contribution in [0.2, 0.25) is 0 Å². The van der Waals surface area contributed by atoms with Gasteiger partial charge in [0.15, 0.2) is 0 Å². The van der Waals surface area contributed by atoms with Crippen LogP contribution in [0.5, 0.6) is 0 Å². The molecule has 2 saturated heterocycles. The molecule has 16 heavy (non-hydrogen) atoms. The van der Waals surface area contributed by atoms with Crippen molar-refractivity contribution in [1.29, 1.82) is 0 Å². The number of likely N-dealkylation sites (tertiary alicyclic amines) is 2. The molecule has 0 amide bonds. The van der Waals surface area contributed by atoms with Crippen LogP contribution in [-0.4, -0.2) is 48.1 Å². The maximum absolute atomic E-state index is 2.74. The first-order valence-corrected chi connectivity index (χ1v) is 7.01. The molecule has 2 fully saturated rings. The van der Waals surface area contributed by atoms with E-state index in [1.54, 1.807) is 0 Å². The highest BCUT2D eigenvalue weighted by molar-refractivity contribution is 4.97. The Morgan fingerprint density at radius 3 is 2.19 bits per heavy atom. The van der Waals surface area contributed by atoms with Gasteiger partial charge < -0.3 is 4.90 Å². The minimum absolute atomic E-state index is 0.422. The number of rotatable bonds is 3. The van der Waals surface area contributed by atoms with Gasteiger partial charge in [0.1, 0.15) is 0 Å². The van der Waals surface area contributed by atoms with Crippen LogP contribution in [-0.2, 0) is 0 Å². The number of piperidine rings is 1. The van der Waals surface area contributed by atoms with Gasteiger partial charge in [-0.1, -0.05) is 13.8 Å². The molecule has 0 aliphatic carbocycles. The molecule has 0 saturated carbocycles. The summed E-state index contributed by atoms with van der Waals surface area (Å²) in [5.41, 5.74) is 0.422. The van der Waals surface area contributed by atoms with Crippen molar-refractivity contribution in [3.05, 3.63) is 0 Å². The Bertz CT molecular complexity index is 223. The molecule has 2 rings (SSSR count). The molecule has 0 aromatic heterocycles. The lowest BCUT2D eigenvalue weighted by Gasteiger charge is -2.53. The molecule has 0 atom stereocenters. The van der Waals surface area contributed by atoms with Gasteiger partial charge in [0.05, 0.1) is 0 Å². The summed E-state index contributed by atoms with van der Waals surface area (Å²) in [5.74, 6) is 1.83. The fourth-order valence-electron chi connectivity index (χ4n) is 3.12. The SMILES string of the molecule is CCN1CC(C(C)(C)N2CCC(C)CC2)C1. The molecular weight excluding hydrogens is 196 g/mol. The normalized spacial score (nSPS) is 27.0. The molecule has 0 N–H and O–H groups in total. The zero-order chi connectivity index (χ0) is 11.8. The smallest absolute Gasteiger partial charge is 0.0205 e. The van der Waals surface area contributed by atoms with Gasteiger partial charge in [-0.2, -0.15) is 0 Å².